The summed E-state index contributed by atoms with van der Waals surface area (Å²) in [4.78, 5) is 11.4. The zero-order valence-corrected chi connectivity index (χ0v) is 8.44. The van der Waals surface area contributed by atoms with E-state index in [4.69, 9.17) is 4.74 Å². The van der Waals surface area contributed by atoms with Gasteiger partial charge in [-0.05, 0) is 27.3 Å². The molecule has 1 N–H and O–H groups in total. The van der Waals surface area contributed by atoms with Crippen LogP contribution in [-0.4, -0.2) is 31.6 Å². The average molecular weight is 173 g/mol. The number of Topliss-reactive ketones (excluding diaryl/α,β-unsaturated/α-hetero) is 1. The summed E-state index contributed by atoms with van der Waals surface area (Å²) in [6, 6.07) is 0. The van der Waals surface area contributed by atoms with Gasteiger partial charge in [-0.25, -0.2) is 0 Å². The van der Waals surface area contributed by atoms with Gasteiger partial charge in [-0.2, -0.15) is 0 Å². The van der Waals surface area contributed by atoms with Gasteiger partial charge in [-0.15, -0.1) is 0 Å². The molecular formula is C9H19NO2. The fraction of sp³-hybridized carbons (Fsp3) is 0.889. The van der Waals surface area contributed by atoms with Crippen LogP contribution in [0.2, 0.25) is 0 Å². The van der Waals surface area contributed by atoms with E-state index in [1.54, 1.807) is 7.05 Å². The normalized spacial score (nSPS) is 11.7. The van der Waals surface area contributed by atoms with Crippen molar-refractivity contribution in [2.75, 3.05) is 20.3 Å². The Morgan fingerprint density at radius 1 is 1.50 bits per heavy atom. The number of ketones is 1. The Morgan fingerprint density at radius 2 is 2.08 bits per heavy atom. The predicted octanol–water partition coefficient (Wildman–Crippen LogP) is 0.980. The fourth-order valence-corrected chi connectivity index (χ4v) is 0.629. The molecule has 0 fully saturated rings. The van der Waals surface area contributed by atoms with Gasteiger partial charge in [0.15, 0.2) is 5.78 Å². The van der Waals surface area contributed by atoms with Crippen LogP contribution in [0.5, 0.6) is 0 Å². The fourth-order valence-electron chi connectivity index (χ4n) is 0.629. The summed E-state index contributed by atoms with van der Waals surface area (Å²) < 4.78 is 5.14. The first-order chi connectivity index (χ1) is 5.54. The minimum Gasteiger partial charge on any atom is -0.374 e. The second-order valence-electron chi connectivity index (χ2n) is 3.35. The van der Waals surface area contributed by atoms with Crippen LogP contribution >= 0.6 is 0 Å². The van der Waals surface area contributed by atoms with E-state index in [-0.39, 0.29) is 12.4 Å². The van der Waals surface area contributed by atoms with Crippen LogP contribution in [0.1, 0.15) is 27.2 Å². The second-order valence-corrected chi connectivity index (χ2v) is 3.35. The Labute approximate surface area is 74.5 Å². The number of nitrogens with one attached hydrogen (secondary N) is 1. The lowest BCUT2D eigenvalue weighted by atomic mass is 10.0. The maximum Gasteiger partial charge on any atom is 0.177 e. The van der Waals surface area contributed by atoms with E-state index in [0.29, 0.717) is 6.61 Å². The quantitative estimate of drug-likeness (QED) is 0.608. The van der Waals surface area contributed by atoms with Crippen molar-refractivity contribution in [2.45, 2.75) is 32.7 Å². The molecular weight excluding hydrogens is 154 g/mol. The van der Waals surface area contributed by atoms with E-state index in [0.717, 1.165) is 6.42 Å². The van der Waals surface area contributed by atoms with Gasteiger partial charge in [0.2, 0.25) is 0 Å². The van der Waals surface area contributed by atoms with Crippen LogP contribution in [0.25, 0.3) is 0 Å². The molecule has 0 unspecified atom stereocenters. The third-order valence-corrected chi connectivity index (χ3v) is 1.90. The average Bonchev–Trinajstić information content (AvgIpc) is 2.05. The van der Waals surface area contributed by atoms with Crippen molar-refractivity contribution in [3.63, 3.8) is 0 Å². The lowest BCUT2D eigenvalue weighted by Gasteiger charge is -2.21. The van der Waals surface area contributed by atoms with Gasteiger partial charge in [0, 0.05) is 6.61 Å². The van der Waals surface area contributed by atoms with Crippen molar-refractivity contribution in [2.24, 2.45) is 0 Å². The molecule has 72 valence electrons. The van der Waals surface area contributed by atoms with Gasteiger partial charge in [-0.3, -0.25) is 4.79 Å². The summed E-state index contributed by atoms with van der Waals surface area (Å²) >= 11 is 0. The highest BCUT2D eigenvalue weighted by Gasteiger charge is 2.24. The van der Waals surface area contributed by atoms with Crippen LogP contribution in [-0.2, 0) is 9.53 Å². The third-order valence-electron chi connectivity index (χ3n) is 1.90. The summed E-state index contributed by atoms with van der Waals surface area (Å²) in [6.45, 7) is 6.59. The predicted molar refractivity (Wildman–Crippen MR) is 49.3 cm³/mol. The molecule has 3 nitrogen and oxygen atoms in total. The second kappa shape index (κ2) is 5.27. The van der Waals surface area contributed by atoms with Crippen LogP contribution in [0, 0.1) is 0 Å². The third kappa shape index (κ3) is 3.83. The molecule has 0 aliphatic carbocycles. The molecule has 0 aliphatic rings. The van der Waals surface area contributed by atoms with Crippen molar-refractivity contribution in [1.29, 1.82) is 0 Å². The lowest BCUT2D eigenvalue weighted by molar-refractivity contribution is -0.128. The zero-order chi connectivity index (χ0) is 9.61. The van der Waals surface area contributed by atoms with Crippen molar-refractivity contribution in [3.05, 3.63) is 0 Å². The Bertz CT molecular complexity index is 143. The largest absolute Gasteiger partial charge is 0.374 e. The highest BCUT2D eigenvalue weighted by Crippen LogP contribution is 2.02. The van der Waals surface area contributed by atoms with Gasteiger partial charge < -0.3 is 10.1 Å². The molecule has 0 aromatic carbocycles. The molecule has 0 radical (unpaired) electrons. The van der Waals surface area contributed by atoms with Crippen molar-refractivity contribution in [3.8, 4) is 0 Å². The molecule has 12 heavy (non-hydrogen) atoms. The molecule has 0 heterocycles. The standard InChI is InChI=1S/C9H19NO2/c1-5-6-12-7-8(11)9(2,3)10-4/h10H,5-7H2,1-4H3. The van der Waals surface area contributed by atoms with Gasteiger partial charge in [-0.1, -0.05) is 6.92 Å². The van der Waals surface area contributed by atoms with Gasteiger partial charge in [0.05, 0.1) is 5.54 Å². The molecule has 0 aromatic heterocycles. The highest BCUT2D eigenvalue weighted by atomic mass is 16.5. The van der Waals surface area contributed by atoms with E-state index in [9.17, 15) is 4.79 Å². The SMILES string of the molecule is CCCOCC(=O)C(C)(C)NC. The number of carbonyl (C=O) groups is 1. The maximum absolute atomic E-state index is 11.4. The lowest BCUT2D eigenvalue weighted by Crippen LogP contribution is -2.46. The van der Waals surface area contributed by atoms with E-state index >= 15 is 0 Å². The highest BCUT2D eigenvalue weighted by molar-refractivity contribution is 5.88. The number of rotatable bonds is 6. The smallest absolute Gasteiger partial charge is 0.177 e. The van der Waals surface area contributed by atoms with Crippen molar-refractivity contribution in [1.82, 2.24) is 5.32 Å². The monoisotopic (exact) mass is 173 g/mol. The van der Waals surface area contributed by atoms with E-state index in [1.165, 1.54) is 0 Å². The molecule has 0 saturated carbocycles. The molecule has 0 saturated heterocycles. The first kappa shape index (κ1) is 11.6. The number of ether oxygens (including phenoxy) is 1. The van der Waals surface area contributed by atoms with Gasteiger partial charge in [0.25, 0.3) is 0 Å². The Balaban J connectivity index is 3.72. The number of hydrogen-bond donors (Lipinski definition) is 1. The number of hydrogen-bond acceptors (Lipinski definition) is 3. The topological polar surface area (TPSA) is 38.3 Å². The molecule has 0 aliphatic heterocycles. The van der Waals surface area contributed by atoms with Gasteiger partial charge in [0.1, 0.15) is 6.61 Å². The minimum atomic E-state index is -0.465. The minimum absolute atomic E-state index is 0.0958. The first-order valence-electron chi connectivity index (χ1n) is 4.34. The summed E-state index contributed by atoms with van der Waals surface area (Å²) in [5.41, 5.74) is -0.465. The van der Waals surface area contributed by atoms with E-state index in [1.807, 2.05) is 20.8 Å². The van der Waals surface area contributed by atoms with Crippen molar-refractivity contribution >= 4 is 5.78 Å². The van der Waals surface area contributed by atoms with Crippen LogP contribution in [0.4, 0.5) is 0 Å². The van der Waals surface area contributed by atoms with Crippen molar-refractivity contribution < 1.29 is 9.53 Å². The Hall–Kier alpha value is -0.410. The Kier molecular flexibility index (Phi) is 5.09. The van der Waals surface area contributed by atoms with Crippen LogP contribution in [0.3, 0.4) is 0 Å². The molecule has 0 bridgehead atoms. The molecule has 3 heteroatoms. The number of likely N-dealkylation sites (N-methyl/N-ethyl adjacent to an activating group) is 1. The van der Waals surface area contributed by atoms with Gasteiger partial charge >= 0.3 is 0 Å². The number of carbonyl (C=O) groups excluding carboxylic acids is 1. The van der Waals surface area contributed by atoms with E-state index < -0.39 is 5.54 Å². The maximum atomic E-state index is 11.4. The summed E-state index contributed by atoms with van der Waals surface area (Å²) in [6.07, 6.45) is 0.952. The van der Waals surface area contributed by atoms with E-state index in [2.05, 4.69) is 5.32 Å². The Morgan fingerprint density at radius 3 is 2.50 bits per heavy atom. The zero-order valence-electron chi connectivity index (χ0n) is 8.44. The summed E-state index contributed by atoms with van der Waals surface area (Å²) in [7, 11) is 1.78. The summed E-state index contributed by atoms with van der Waals surface area (Å²) in [5, 5.41) is 2.94. The van der Waals surface area contributed by atoms with Crippen LogP contribution in [0.15, 0.2) is 0 Å². The van der Waals surface area contributed by atoms with Crippen LogP contribution < -0.4 is 5.32 Å². The molecule has 0 aromatic rings. The molecule has 0 amide bonds. The molecule has 0 atom stereocenters. The summed E-state index contributed by atoms with van der Waals surface area (Å²) in [5.74, 6) is 0.0958. The first-order valence-corrected chi connectivity index (χ1v) is 4.34. The molecule has 0 rings (SSSR count). The molecule has 0 spiro atoms.